The highest BCUT2D eigenvalue weighted by atomic mass is 32.2. The maximum Gasteiger partial charge on any atom is 0.266 e. The smallest absolute Gasteiger partial charge is 0.266 e. The van der Waals surface area contributed by atoms with Crippen LogP contribution in [0.2, 0.25) is 0 Å². The van der Waals surface area contributed by atoms with E-state index < -0.39 is 0 Å². The minimum atomic E-state index is -0.279. The van der Waals surface area contributed by atoms with Crippen molar-refractivity contribution in [3.8, 4) is 22.7 Å². The zero-order valence-corrected chi connectivity index (χ0v) is 22.7. The number of hydrogen-bond acceptors (Lipinski definition) is 6. The number of ether oxygens (including phenoxy) is 1. The Morgan fingerprint density at radius 2 is 1.75 bits per heavy atom. The number of furan rings is 1. The van der Waals surface area contributed by atoms with Gasteiger partial charge in [-0.1, -0.05) is 54.3 Å². The number of hydrogen-bond donors (Lipinski definition) is 0. The van der Waals surface area contributed by atoms with Gasteiger partial charge in [-0.25, -0.2) is 9.07 Å². The van der Waals surface area contributed by atoms with Gasteiger partial charge >= 0.3 is 0 Å². The number of para-hydroxylation sites is 1. The quantitative estimate of drug-likeness (QED) is 0.145. The Bertz CT molecular complexity index is 1680. The van der Waals surface area contributed by atoms with Crippen LogP contribution in [0, 0.1) is 5.82 Å². The molecule has 1 aliphatic rings. The van der Waals surface area contributed by atoms with Gasteiger partial charge in [0.1, 0.15) is 28.3 Å². The summed E-state index contributed by atoms with van der Waals surface area (Å²) in [5.74, 6) is 0.890. The molecule has 0 atom stereocenters. The molecule has 1 amide bonds. The molecule has 9 heteroatoms. The highest BCUT2D eigenvalue weighted by molar-refractivity contribution is 8.26. The van der Waals surface area contributed by atoms with Crippen molar-refractivity contribution >= 4 is 40.3 Å². The van der Waals surface area contributed by atoms with Crippen molar-refractivity contribution < 1.29 is 18.3 Å². The first-order valence-corrected chi connectivity index (χ1v) is 13.7. The lowest BCUT2D eigenvalue weighted by Gasteiger charge is -2.11. The van der Waals surface area contributed by atoms with E-state index in [9.17, 15) is 9.18 Å². The third-order valence-corrected chi connectivity index (χ3v) is 7.64. The lowest BCUT2D eigenvalue weighted by molar-refractivity contribution is -0.122. The monoisotopic (exact) mass is 567 g/mol. The average Bonchev–Trinajstić information content (AvgIpc) is 3.71. The molecule has 3 aromatic carbocycles. The molecule has 0 radical (unpaired) electrons. The Labute approximate surface area is 239 Å². The molecule has 0 N–H and O–H groups in total. The van der Waals surface area contributed by atoms with Gasteiger partial charge in [0.15, 0.2) is 0 Å². The molecule has 0 spiro atoms. The summed E-state index contributed by atoms with van der Waals surface area (Å²) in [5, 5.41) is 4.86. The van der Waals surface area contributed by atoms with E-state index in [4.69, 9.17) is 26.5 Å². The van der Waals surface area contributed by atoms with Crippen LogP contribution < -0.4 is 4.74 Å². The molecule has 5 aromatic rings. The van der Waals surface area contributed by atoms with E-state index >= 15 is 0 Å². The van der Waals surface area contributed by atoms with Crippen LogP contribution in [0.15, 0.2) is 113 Å². The number of halogens is 1. The Morgan fingerprint density at radius 1 is 0.975 bits per heavy atom. The SMILES string of the molecule is O=C1/C(=C/c2cn(-c3ccccc3)nc2-c2ccc(OCc3ccc(F)cc3)cc2)SC(=S)N1Cc1ccco1. The van der Waals surface area contributed by atoms with E-state index in [1.807, 2.05) is 72.9 Å². The summed E-state index contributed by atoms with van der Waals surface area (Å²) in [4.78, 5) is 15.3. The van der Waals surface area contributed by atoms with Crippen LogP contribution in [-0.4, -0.2) is 24.9 Å². The highest BCUT2D eigenvalue weighted by Gasteiger charge is 2.33. The van der Waals surface area contributed by atoms with Crippen molar-refractivity contribution in [3.05, 3.63) is 131 Å². The molecule has 0 bridgehead atoms. The fourth-order valence-corrected chi connectivity index (χ4v) is 5.47. The zero-order chi connectivity index (χ0) is 27.5. The first-order valence-electron chi connectivity index (χ1n) is 12.4. The normalized spacial score (nSPS) is 14.3. The van der Waals surface area contributed by atoms with E-state index in [2.05, 4.69) is 0 Å². The largest absolute Gasteiger partial charge is 0.489 e. The van der Waals surface area contributed by atoms with Crippen LogP contribution >= 0.6 is 24.0 Å². The third-order valence-electron chi connectivity index (χ3n) is 6.26. The first kappa shape index (κ1) is 25.8. The predicted molar refractivity (Wildman–Crippen MR) is 157 cm³/mol. The van der Waals surface area contributed by atoms with Crippen molar-refractivity contribution in [2.75, 3.05) is 0 Å². The third kappa shape index (κ3) is 5.61. The summed E-state index contributed by atoms with van der Waals surface area (Å²) in [6.07, 6.45) is 5.32. The number of amides is 1. The molecule has 0 unspecified atom stereocenters. The zero-order valence-electron chi connectivity index (χ0n) is 21.1. The summed E-state index contributed by atoms with van der Waals surface area (Å²) >= 11 is 6.77. The van der Waals surface area contributed by atoms with Gasteiger partial charge in [0.2, 0.25) is 0 Å². The molecule has 1 fully saturated rings. The second-order valence-electron chi connectivity index (χ2n) is 9.00. The predicted octanol–water partition coefficient (Wildman–Crippen LogP) is 7.25. The minimum absolute atomic E-state index is 0.172. The van der Waals surface area contributed by atoms with Crippen molar-refractivity contribution in [1.82, 2.24) is 14.7 Å². The van der Waals surface area contributed by atoms with Gasteiger partial charge in [-0.15, -0.1) is 0 Å². The maximum absolute atomic E-state index is 13.3. The van der Waals surface area contributed by atoms with Gasteiger partial charge in [-0.2, -0.15) is 5.10 Å². The fraction of sp³-hybridized carbons (Fsp3) is 0.0645. The molecule has 3 heterocycles. The van der Waals surface area contributed by atoms with Gasteiger partial charge in [-0.05, 0) is 72.3 Å². The summed E-state index contributed by atoms with van der Waals surface area (Å²) in [5.41, 5.74) is 4.13. The van der Waals surface area contributed by atoms with Crippen molar-refractivity contribution in [3.63, 3.8) is 0 Å². The number of carbonyl (C=O) groups excluding carboxylic acids is 1. The second-order valence-corrected chi connectivity index (χ2v) is 10.7. The van der Waals surface area contributed by atoms with Crippen molar-refractivity contribution in [1.29, 1.82) is 0 Å². The number of carbonyl (C=O) groups is 1. The van der Waals surface area contributed by atoms with Gasteiger partial charge in [0, 0.05) is 17.3 Å². The van der Waals surface area contributed by atoms with E-state index in [-0.39, 0.29) is 18.3 Å². The molecular formula is C31H22FN3O3S2. The lowest BCUT2D eigenvalue weighted by Crippen LogP contribution is -2.27. The molecule has 198 valence electrons. The van der Waals surface area contributed by atoms with E-state index in [0.29, 0.717) is 33.0 Å². The maximum atomic E-state index is 13.3. The summed E-state index contributed by atoms with van der Waals surface area (Å²) in [6.45, 7) is 0.609. The van der Waals surface area contributed by atoms with E-state index in [1.165, 1.54) is 23.9 Å². The van der Waals surface area contributed by atoms with Crippen LogP contribution in [0.4, 0.5) is 4.39 Å². The summed E-state index contributed by atoms with van der Waals surface area (Å²) in [6, 6.07) is 27.2. The molecule has 1 saturated heterocycles. The Morgan fingerprint density at radius 3 is 2.48 bits per heavy atom. The van der Waals surface area contributed by atoms with Gasteiger partial charge in [-0.3, -0.25) is 9.69 Å². The van der Waals surface area contributed by atoms with Crippen LogP contribution in [-0.2, 0) is 17.9 Å². The molecule has 6 nitrogen and oxygen atoms in total. The molecule has 2 aromatic heterocycles. The standard InChI is InChI=1S/C31H22FN3O3S2/c32-24-12-8-21(9-13-24)20-38-26-14-10-22(11-15-26)29-23(18-35(33-29)25-5-2-1-3-6-25)17-28-30(36)34(31(39)40-28)19-27-7-4-16-37-27/h1-18H,19-20H2/b28-17-. The number of nitrogens with zero attached hydrogens (tertiary/aromatic N) is 3. The lowest BCUT2D eigenvalue weighted by atomic mass is 10.1. The topological polar surface area (TPSA) is 60.5 Å². The summed E-state index contributed by atoms with van der Waals surface area (Å²) in [7, 11) is 0. The average molecular weight is 568 g/mol. The number of rotatable bonds is 8. The fourth-order valence-electron chi connectivity index (χ4n) is 4.22. The first-order chi connectivity index (χ1) is 19.5. The van der Waals surface area contributed by atoms with Gasteiger partial charge in [0.05, 0.1) is 29.1 Å². The molecule has 1 aliphatic heterocycles. The molecule has 0 aliphatic carbocycles. The van der Waals surface area contributed by atoms with Gasteiger partial charge in [0.25, 0.3) is 5.91 Å². The molecular weight excluding hydrogens is 545 g/mol. The Balaban J connectivity index is 1.28. The van der Waals surface area contributed by atoms with Crippen LogP contribution in [0.25, 0.3) is 23.0 Å². The minimum Gasteiger partial charge on any atom is -0.489 e. The highest BCUT2D eigenvalue weighted by Crippen LogP contribution is 2.36. The number of aromatic nitrogens is 2. The van der Waals surface area contributed by atoms with Crippen molar-refractivity contribution in [2.24, 2.45) is 0 Å². The van der Waals surface area contributed by atoms with Crippen LogP contribution in [0.1, 0.15) is 16.9 Å². The van der Waals surface area contributed by atoms with Crippen LogP contribution in [0.3, 0.4) is 0 Å². The Hall–Kier alpha value is -4.47. The van der Waals surface area contributed by atoms with E-state index in [0.717, 1.165) is 22.4 Å². The Kier molecular flexibility index (Phi) is 7.31. The van der Waals surface area contributed by atoms with Crippen molar-refractivity contribution in [2.45, 2.75) is 13.2 Å². The second kappa shape index (κ2) is 11.3. The summed E-state index contributed by atoms with van der Waals surface area (Å²) < 4.78 is 26.7. The van der Waals surface area contributed by atoms with E-state index in [1.54, 1.807) is 34.0 Å². The molecule has 0 saturated carbocycles. The van der Waals surface area contributed by atoms with Gasteiger partial charge < -0.3 is 9.15 Å². The number of thioether (sulfide) groups is 1. The van der Waals surface area contributed by atoms with Crippen LogP contribution in [0.5, 0.6) is 5.75 Å². The number of thiocarbonyl (C=S) groups is 1. The molecule has 6 rings (SSSR count). The number of benzene rings is 3. The molecule has 40 heavy (non-hydrogen) atoms.